The molecule has 0 saturated heterocycles. The number of nitrogens with one attached hydrogen (secondary N) is 1. The highest BCUT2D eigenvalue weighted by atomic mass is 32.2. The van der Waals surface area contributed by atoms with Crippen molar-refractivity contribution >= 4 is 17.7 Å². The van der Waals surface area contributed by atoms with Gasteiger partial charge in [0.05, 0.1) is 11.8 Å². The average molecular weight is 353 g/mol. The summed E-state index contributed by atoms with van der Waals surface area (Å²) in [6.45, 7) is 1.97. The second-order valence-electron chi connectivity index (χ2n) is 5.57. The third-order valence-corrected chi connectivity index (χ3v) is 4.76. The first-order valence-corrected chi connectivity index (χ1v) is 8.91. The molecule has 3 aromatic rings. The first kappa shape index (κ1) is 17.2. The van der Waals surface area contributed by atoms with Crippen molar-refractivity contribution in [1.82, 2.24) is 25.1 Å². The number of amides is 1. The molecule has 0 radical (unpaired) electrons. The quantitative estimate of drug-likeness (QED) is 0.690. The van der Waals surface area contributed by atoms with Crippen LogP contribution in [0.5, 0.6) is 0 Å². The van der Waals surface area contributed by atoms with Crippen LogP contribution in [-0.2, 0) is 11.8 Å². The maximum absolute atomic E-state index is 12.2. The second-order valence-corrected chi connectivity index (χ2v) is 6.51. The molecule has 1 amide bonds. The minimum Gasteiger partial charge on any atom is -0.349 e. The Hall–Kier alpha value is -2.67. The highest BCUT2D eigenvalue weighted by molar-refractivity contribution is 7.99. The summed E-state index contributed by atoms with van der Waals surface area (Å²) >= 11 is 1.36. The lowest BCUT2D eigenvalue weighted by Gasteiger charge is -2.13. The minimum atomic E-state index is -0.0382. The van der Waals surface area contributed by atoms with Gasteiger partial charge in [-0.1, -0.05) is 48.2 Å². The van der Waals surface area contributed by atoms with Gasteiger partial charge in [-0.25, -0.2) is 0 Å². The predicted molar refractivity (Wildman–Crippen MR) is 98.0 cm³/mol. The van der Waals surface area contributed by atoms with Crippen molar-refractivity contribution < 1.29 is 4.79 Å². The molecule has 0 aliphatic heterocycles. The van der Waals surface area contributed by atoms with Crippen molar-refractivity contribution in [3.63, 3.8) is 0 Å². The lowest BCUT2D eigenvalue weighted by molar-refractivity contribution is -0.119. The number of benzene rings is 1. The van der Waals surface area contributed by atoms with E-state index in [0.717, 1.165) is 11.3 Å². The molecule has 2 aromatic heterocycles. The molecule has 1 atom stereocenters. The smallest absolute Gasteiger partial charge is 0.230 e. The van der Waals surface area contributed by atoms with Gasteiger partial charge in [0.1, 0.15) is 5.69 Å². The molecule has 0 spiro atoms. The number of rotatable bonds is 6. The Morgan fingerprint density at radius 3 is 2.64 bits per heavy atom. The fraction of sp³-hybridized carbons (Fsp3) is 0.222. The van der Waals surface area contributed by atoms with Gasteiger partial charge in [0.2, 0.25) is 5.91 Å². The van der Waals surface area contributed by atoms with E-state index in [1.54, 1.807) is 6.20 Å². The van der Waals surface area contributed by atoms with E-state index in [9.17, 15) is 4.79 Å². The Kier molecular flexibility index (Phi) is 5.45. The minimum absolute atomic E-state index is 0.0297. The second kappa shape index (κ2) is 7.94. The molecule has 1 aromatic carbocycles. The number of hydrogen-bond acceptors (Lipinski definition) is 5. The summed E-state index contributed by atoms with van der Waals surface area (Å²) in [4.78, 5) is 16.5. The van der Waals surface area contributed by atoms with Crippen molar-refractivity contribution in [2.24, 2.45) is 7.05 Å². The molecule has 2 heterocycles. The van der Waals surface area contributed by atoms with Gasteiger partial charge in [-0.15, -0.1) is 10.2 Å². The van der Waals surface area contributed by atoms with Gasteiger partial charge in [0, 0.05) is 13.2 Å². The summed E-state index contributed by atoms with van der Waals surface area (Å²) in [5.41, 5.74) is 1.84. The molecular formula is C18H19N5OS. The van der Waals surface area contributed by atoms with Crippen LogP contribution in [0.15, 0.2) is 59.9 Å². The zero-order valence-electron chi connectivity index (χ0n) is 14.1. The zero-order chi connectivity index (χ0) is 17.6. The topological polar surface area (TPSA) is 72.7 Å². The molecule has 0 fully saturated rings. The van der Waals surface area contributed by atoms with E-state index in [-0.39, 0.29) is 17.7 Å². The number of nitrogens with zero attached hydrogens (tertiary/aromatic N) is 4. The van der Waals surface area contributed by atoms with E-state index in [4.69, 9.17) is 0 Å². The fourth-order valence-corrected chi connectivity index (χ4v) is 3.12. The highest BCUT2D eigenvalue weighted by Crippen LogP contribution is 2.21. The molecule has 0 saturated carbocycles. The first-order chi connectivity index (χ1) is 12.1. The van der Waals surface area contributed by atoms with Gasteiger partial charge in [-0.05, 0) is 24.6 Å². The number of hydrogen-bond donors (Lipinski definition) is 1. The third kappa shape index (κ3) is 4.24. The van der Waals surface area contributed by atoms with Gasteiger partial charge in [0.15, 0.2) is 11.0 Å². The number of aromatic nitrogens is 4. The van der Waals surface area contributed by atoms with Crippen molar-refractivity contribution in [2.75, 3.05) is 5.75 Å². The maximum atomic E-state index is 12.2. The van der Waals surface area contributed by atoms with Crippen molar-refractivity contribution in [3.8, 4) is 11.5 Å². The molecule has 0 aliphatic rings. The molecule has 1 N–H and O–H groups in total. The van der Waals surface area contributed by atoms with Crippen molar-refractivity contribution in [2.45, 2.75) is 18.1 Å². The SMILES string of the molecule is C[C@H](NC(=O)CSc1nnc(-c2ccccn2)n1C)c1ccccc1. The van der Waals surface area contributed by atoms with Crippen LogP contribution < -0.4 is 5.32 Å². The summed E-state index contributed by atoms with van der Waals surface area (Å²) in [5, 5.41) is 12.0. The molecule has 0 aliphatic carbocycles. The van der Waals surface area contributed by atoms with Crippen LogP contribution >= 0.6 is 11.8 Å². The summed E-state index contributed by atoms with van der Waals surface area (Å²) in [7, 11) is 1.87. The average Bonchev–Trinajstić information content (AvgIpc) is 3.02. The Labute approximate surface area is 150 Å². The van der Waals surface area contributed by atoms with E-state index in [1.807, 2.05) is 67.1 Å². The van der Waals surface area contributed by atoms with Crippen molar-refractivity contribution in [1.29, 1.82) is 0 Å². The Morgan fingerprint density at radius 2 is 1.92 bits per heavy atom. The van der Waals surface area contributed by atoms with E-state index in [1.165, 1.54) is 11.8 Å². The Morgan fingerprint density at radius 1 is 1.16 bits per heavy atom. The molecule has 128 valence electrons. The number of pyridine rings is 1. The van der Waals surface area contributed by atoms with Crippen LogP contribution in [0, 0.1) is 0 Å². The normalized spacial score (nSPS) is 11.9. The van der Waals surface area contributed by atoms with Gasteiger partial charge < -0.3 is 9.88 Å². The van der Waals surface area contributed by atoms with E-state index in [0.29, 0.717) is 11.0 Å². The summed E-state index contributed by atoms with van der Waals surface area (Å²) in [6.07, 6.45) is 1.72. The van der Waals surface area contributed by atoms with Gasteiger partial charge in [-0.2, -0.15) is 0 Å². The summed E-state index contributed by atoms with van der Waals surface area (Å²) in [5.74, 6) is 0.927. The van der Waals surface area contributed by atoms with Crippen LogP contribution in [0.1, 0.15) is 18.5 Å². The lowest BCUT2D eigenvalue weighted by Crippen LogP contribution is -2.28. The Bertz CT molecular complexity index is 835. The van der Waals surface area contributed by atoms with Crippen molar-refractivity contribution in [3.05, 3.63) is 60.3 Å². The molecule has 6 nitrogen and oxygen atoms in total. The maximum Gasteiger partial charge on any atom is 0.230 e. The lowest BCUT2D eigenvalue weighted by atomic mass is 10.1. The molecule has 0 unspecified atom stereocenters. The number of carbonyl (C=O) groups excluding carboxylic acids is 1. The monoisotopic (exact) mass is 353 g/mol. The molecule has 0 bridgehead atoms. The number of carbonyl (C=O) groups is 1. The van der Waals surface area contributed by atoms with Gasteiger partial charge in [0.25, 0.3) is 0 Å². The van der Waals surface area contributed by atoms with Gasteiger partial charge >= 0.3 is 0 Å². The third-order valence-electron chi connectivity index (χ3n) is 3.74. The van der Waals surface area contributed by atoms with Crippen LogP contribution in [0.25, 0.3) is 11.5 Å². The summed E-state index contributed by atoms with van der Waals surface area (Å²) < 4.78 is 1.85. The first-order valence-electron chi connectivity index (χ1n) is 7.93. The molecular weight excluding hydrogens is 334 g/mol. The van der Waals surface area contributed by atoms with E-state index >= 15 is 0 Å². The molecule has 25 heavy (non-hydrogen) atoms. The largest absolute Gasteiger partial charge is 0.349 e. The predicted octanol–water partition coefficient (Wildman–Crippen LogP) is 2.85. The highest BCUT2D eigenvalue weighted by Gasteiger charge is 2.14. The Balaban J connectivity index is 1.59. The molecule has 7 heteroatoms. The van der Waals surface area contributed by atoms with Crippen LogP contribution in [0.4, 0.5) is 0 Å². The fourth-order valence-electron chi connectivity index (χ4n) is 2.40. The summed E-state index contributed by atoms with van der Waals surface area (Å²) in [6, 6.07) is 15.5. The van der Waals surface area contributed by atoms with Crippen LogP contribution in [-0.4, -0.2) is 31.4 Å². The van der Waals surface area contributed by atoms with Gasteiger partial charge in [-0.3, -0.25) is 9.78 Å². The number of thioether (sulfide) groups is 1. The standard InChI is InChI=1S/C18H19N5OS/c1-13(14-8-4-3-5-9-14)20-16(24)12-25-18-22-21-17(23(18)2)15-10-6-7-11-19-15/h3-11,13H,12H2,1-2H3,(H,20,24)/t13-/m0/s1. The van der Waals surface area contributed by atoms with Crippen LogP contribution in [0.2, 0.25) is 0 Å². The van der Waals surface area contributed by atoms with E-state index in [2.05, 4.69) is 20.5 Å². The van der Waals surface area contributed by atoms with E-state index < -0.39 is 0 Å². The zero-order valence-corrected chi connectivity index (χ0v) is 14.9. The van der Waals surface area contributed by atoms with Crippen LogP contribution in [0.3, 0.4) is 0 Å². The molecule has 3 rings (SSSR count).